The van der Waals surface area contributed by atoms with E-state index in [2.05, 4.69) is 15.6 Å². The Balaban J connectivity index is 0.000000782. The van der Waals surface area contributed by atoms with Gasteiger partial charge in [-0.05, 0) is 36.4 Å². The second kappa shape index (κ2) is 15.2. The number of hydrogen-bond donors (Lipinski definition) is 2. The Morgan fingerprint density at radius 3 is 1.46 bits per heavy atom. The fourth-order valence-corrected chi connectivity index (χ4v) is 2.02. The molecule has 1 aromatic heterocycles. The molecule has 2 aliphatic carbocycles. The third-order valence-electron chi connectivity index (χ3n) is 3.33. The van der Waals surface area contributed by atoms with Crippen molar-refractivity contribution in [1.29, 1.82) is 0 Å². The average Bonchev–Trinajstić information content (AvgIpc) is 2.69. The van der Waals surface area contributed by atoms with Gasteiger partial charge in [0.25, 0.3) is 0 Å². The van der Waals surface area contributed by atoms with Crippen molar-refractivity contribution in [3.05, 3.63) is 110 Å². The first kappa shape index (κ1) is 25.2. The molecule has 0 aliphatic heterocycles. The summed E-state index contributed by atoms with van der Waals surface area (Å²) >= 11 is 0. The van der Waals surface area contributed by atoms with Crippen LogP contribution in [0.3, 0.4) is 0 Å². The van der Waals surface area contributed by atoms with Crippen LogP contribution < -0.4 is 10.6 Å². The molecule has 0 aromatic carbocycles. The van der Waals surface area contributed by atoms with E-state index in [1.54, 1.807) is 49.1 Å². The average molecular weight is 465 g/mol. The van der Waals surface area contributed by atoms with Crippen molar-refractivity contribution in [1.82, 2.24) is 15.6 Å². The molecule has 0 atom stereocenters. The van der Waals surface area contributed by atoms with Gasteiger partial charge in [-0.15, -0.1) is 0 Å². The van der Waals surface area contributed by atoms with Crippen LogP contribution >= 0.6 is 0 Å². The Labute approximate surface area is 179 Å². The van der Waals surface area contributed by atoms with Crippen LogP contribution in [0.5, 0.6) is 0 Å². The van der Waals surface area contributed by atoms with Gasteiger partial charge in [0.15, 0.2) is 11.6 Å². The number of hydrogen-bond acceptors (Lipinski definition) is 5. The Hall–Kier alpha value is -2.85. The molecule has 0 saturated heterocycles. The third-order valence-corrected chi connectivity index (χ3v) is 3.33. The topological polar surface area (TPSA) is 71.1 Å². The molecule has 1 radical (unpaired) electrons. The van der Waals surface area contributed by atoms with Crippen LogP contribution in [0.25, 0.3) is 0 Å². The zero-order chi connectivity index (χ0) is 18.5. The van der Waals surface area contributed by atoms with Gasteiger partial charge in [0.1, 0.15) is 0 Å². The van der Waals surface area contributed by atoms with E-state index in [1.807, 2.05) is 30.4 Å². The first-order chi connectivity index (χ1) is 12.8. The fourth-order valence-electron chi connectivity index (χ4n) is 2.02. The predicted molar refractivity (Wildman–Crippen MR) is 109 cm³/mol. The van der Waals surface area contributed by atoms with Gasteiger partial charge in [0.05, 0.1) is 0 Å². The molecule has 0 amide bonds. The number of pyridine rings is 1. The summed E-state index contributed by atoms with van der Waals surface area (Å²) in [7, 11) is 0. The van der Waals surface area contributed by atoms with Crippen molar-refractivity contribution in [2.45, 2.75) is 0 Å². The smallest absolute Gasteiger partial charge is 0.187 e. The van der Waals surface area contributed by atoms with Crippen LogP contribution in [0.2, 0.25) is 0 Å². The van der Waals surface area contributed by atoms with Gasteiger partial charge in [-0.3, -0.25) is 14.6 Å². The number of ketones is 2. The molecule has 1 heterocycles. The third kappa shape index (κ3) is 9.74. The van der Waals surface area contributed by atoms with Crippen LogP contribution in [0, 0.1) is 7.43 Å². The largest absolute Gasteiger partial charge is 0.389 e. The number of carbonyl (C=O) groups excluding carboxylic acids is 2. The van der Waals surface area contributed by atoms with Gasteiger partial charge in [-0.2, -0.15) is 0 Å². The summed E-state index contributed by atoms with van der Waals surface area (Å²) < 4.78 is 0. The Morgan fingerprint density at radius 1 is 0.714 bits per heavy atom. The molecule has 1 aromatic rings. The van der Waals surface area contributed by atoms with Crippen LogP contribution in [-0.4, -0.2) is 29.6 Å². The maximum absolute atomic E-state index is 11.4. The normalized spacial score (nSPS) is 16.7. The van der Waals surface area contributed by atoms with Crippen LogP contribution in [0.1, 0.15) is 0 Å². The van der Waals surface area contributed by atoms with Crippen LogP contribution in [0.4, 0.5) is 0 Å². The summed E-state index contributed by atoms with van der Waals surface area (Å²) in [5, 5.41) is 6.12. The molecule has 5 nitrogen and oxygen atoms in total. The fraction of sp³-hybridized carbons (Fsp3) is 0.0909. The molecule has 0 spiro atoms. The summed E-state index contributed by atoms with van der Waals surface area (Å²) in [6, 6.07) is 5.72. The number of allylic oxidation sites excluding steroid dienone is 10. The predicted octanol–water partition coefficient (Wildman–Crippen LogP) is 2.85. The van der Waals surface area contributed by atoms with Gasteiger partial charge in [0.2, 0.25) is 0 Å². The summed E-state index contributed by atoms with van der Waals surface area (Å²) in [6.07, 6.45) is 20.6. The van der Waals surface area contributed by atoms with Crippen LogP contribution in [-0.2, 0) is 29.1 Å². The monoisotopic (exact) mass is 465 g/mol. The molecule has 6 heteroatoms. The molecule has 0 unspecified atom stereocenters. The summed E-state index contributed by atoms with van der Waals surface area (Å²) in [5.41, 5.74) is 1.28. The quantitative estimate of drug-likeness (QED) is 0.303. The molecule has 28 heavy (non-hydrogen) atoms. The number of aromatic nitrogens is 1. The Kier molecular flexibility index (Phi) is 13.7. The molecular weight excluding hydrogens is 441 g/mol. The number of rotatable bonds is 5. The zero-order valence-corrected chi connectivity index (χ0v) is 17.3. The van der Waals surface area contributed by atoms with Gasteiger partial charge in [-0.25, -0.2) is 0 Å². The van der Waals surface area contributed by atoms with Crippen molar-refractivity contribution < 1.29 is 29.1 Å². The number of nitrogens with zero attached hydrogens (tertiary/aromatic N) is 1. The first-order valence-corrected chi connectivity index (χ1v) is 8.27. The van der Waals surface area contributed by atoms with Gasteiger partial charge in [0, 0.05) is 68.5 Å². The second-order valence-electron chi connectivity index (χ2n) is 5.30. The molecule has 0 fully saturated rings. The van der Waals surface area contributed by atoms with Crippen molar-refractivity contribution in [2.75, 3.05) is 13.1 Å². The molecule has 2 N–H and O–H groups in total. The summed E-state index contributed by atoms with van der Waals surface area (Å²) in [6.45, 7) is 1.32. The second-order valence-corrected chi connectivity index (χ2v) is 5.30. The maximum Gasteiger partial charge on any atom is 0.187 e. The standard InChI is InChI=1S/C16H16N2O2.C5H5N.CH3.Rh/c19-15-7-3-1-5-13(15)11-17-9-10-18-12-14-6-2-4-8-16(14)20;1-2-4-6-5-3-1;;/h1-8,11-12,17-18H,9-10H2;1-5H;1H3;/q;;-1;/b13-11-,14-12-;;;. The molecular formula is C22H24N3O2Rh-. The molecule has 2 aliphatic rings. The van der Waals surface area contributed by atoms with E-state index in [0.717, 1.165) is 0 Å². The maximum atomic E-state index is 11.4. The summed E-state index contributed by atoms with van der Waals surface area (Å²) in [4.78, 5) is 26.7. The first-order valence-electron chi connectivity index (χ1n) is 8.27. The number of carbonyl (C=O) groups is 2. The van der Waals surface area contributed by atoms with E-state index in [-0.39, 0.29) is 38.5 Å². The van der Waals surface area contributed by atoms with E-state index in [9.17, 15) is 9.59 Å². The molecule has 0 saturated carbocycles. The van der Waals surface area contributed by atoms with Crippen molar-refractivity contribution in [3.8, 4) is 0 Å². The van der Waals surface area contributed by atoms with Crippen molar-refractivity contribution >= 4 is 11.6 Å². The van der Waals surface area contributed by atoms with Gasteiger partial charge in [-0.1, -0.05) is 30.4 Å². The van der Waals surface area contributed by atoms with E-state index >= 15 is 0 Å². The SMILES string of the molecule is O=C1C=CC=C/C1=C/NCCN/C=C1/C=CC=CC1=O.[CH3-].[Rh].c1ccncc1. The van der Waals surface area contributed by atoms with E-state index in [0.29, 0.717) is 24.2 Å². The zero-order valence-electron chi connectivity index (χ0n) is 15.7. The minimum atomic E-state index is -0.000182. The van der Waals surface area contributed by atoms with Crippen molar-refractivity contribution in [3.63, 3.8) is 0 Å². The summed E-state index contributed by atoms with van der Waals surface area (Å²) in [5.74, 6) is -0.000363. The van der Waals surface area contributed by atoms with Crippen LogP contribution in [0.15, 0.2) is 103 Å². The van der Waals surface area contributed by atoms with E-state index in [4.69, 9.17) is 0 Å². The molecule has 149 valence electrons. The van der Waals surface area contributed by atoms with Gasteiger partial charge >= 0.3 is 0 Å². The minimum Gasteiger partial charge on any atom is -0.389 e. The van der Waals surface area contributed by atoms with Gasteiger partial charge < -0.3 is 18.1 Å². The van der Waals surface area contributed by atoms with E-state index < -0.39 is 0 Å². The minimum absolute atomic E-state index is 0. The van der Waals surface area contributed by atoms with Crippen molar-refractivity contribution in [2.24, 2.45) is 0 Å². The number of nitrogens with one attached hydrogen (secondary N) is 2. The Bertz CT molecular complexity index is 713. The van der Waals surface area contributed by atoms with E-state index in [1.165, 1.54) is 12.2 Å². The molecule has 3 rings (SSSR count). The molecule has 0 bridgehead atoms. The Morgan fingerprint density at radius 2 is 1.14 bits per heavy atom.